The van der Waals surface area contributed by atoms with Gasteiger partial charge in [0, 0.05) is 5.54 Å². The van der Waals surface area contributed by atoms with Crippen molar-refractivity contribution < 1.29 is 0 Å². The van der Waals surface area contributed by atoms with Gasteiger partial charge < -0.3 is 5.32 Å². The molecule has 0 spiro atoms. The van der Waals surface area contributed by atoms with Gasteiger partial charge in [0.1, 0.15) is 0 Å². The number of hydrogen-bond acceptors (Lipinski definition) is 1. The maximum absolute atomic E-state index is 4.12. The van der Waals surface area contributed by atoms with Crippen LogP contribution in [0.3, 0.4) is 0 Å². The van der Waals surface area contributed by atoms with E-state index in [9.17, 15) is 0 Å². The van der Waals surface area contributed by atoms with E-state index in [1.165, 1.54) is 51.5 Å². The zero-order valence-corrected chi connectivity index (χ0v) is 12.7. The molecule has 19 heavy (non-hydrogen) atoms. The van der Waals surface area contributed by atoms with E-state index in [0.717, 1.165) is 29.6 Å². The Kier molecular flexibility index (Phi) is 3.17. The van der Waals surface area contributed by atoms with Crippen molar-refractivity contribution in [2.24, 2.45) is 29.6 Å². The van der Waals surface area contributed by atoms with E-state index >= 15 is 0 Å². The highest BCUT2D eigenvalue weighted by atomic mass is 15.0. The molecule has 0 aliphatic heterocycles. The van der Waals surface area contributed by atoms with Gasteiger partial charge in [-0.15, -0.1) is 0 Å². The highest BCUT2D eigenvalue weighted by Crippen LogP contribution is 2.55. The Hall–Kier alpha value is -0.0400. The van der Waals surface area contributed by atoms with Crippen molar-refractivity contribution in [1.82, 2.24) is 5.32 Å². The first-order chi connectivity index (χ1) is 9.21. The molecule has 1 heteroatoms. The monoisotopic (exact) mass is 261 g/mol. The van der Waals surface area contributed by atoms with Crippen molar-refractivity contribution >= 4 is 0 Å². The second-order valence-electron chi connectivity index (χ2n) is 8.72. The summed E-state index contributed by atoms with van der Waals surface area (Å²) in [7, 11) is 0. The number of rotatable bonds is 3. The second-order valence-corrected chi connectivity index (χ2v) is 8.72. The van der Waals surface area contributed by atoms with Crippen molar-refractivity contribution in [3.63, 3.8) is 0 Å². The fraction of sp³-hybridized carbons (Fsp3) is 1.00. The molecule has 0 aromatic carbocycles. The molecule has 5 saturated carbocycles. The van der Waals surface area contributed by atoms with Gasteiger partial charge in [-0.25, -0.2) is 0 Å². The lowest BCUT2D eigenvalue weighted by atomic mass is 9.53. The fourth-order valence-electron chi connectivity index (χ4n) is 6.43. The van der Waals surface area contributed by atoms with Crippen LogP contribution in [0.2, 0.25) is 0 Å². The molecule has 5 rings (SSSR count). The normalized spacial score (nSPS) is 52.6. The maximum atomic E-state index is 4.12. The van der Waals surface area contributed by atoms with Crippen molar-refractivity contribution in [1.29, 1.82) is 0 Å². The van der Waals surface area contributed by atoms with Gasteiger partial charge in [0.05, 0.1) is 0 Å². The largest absolute Gasteiger partial charge is 0.311 e. The lowest BCUT2D eigenvalue weighted by Gasteiger charge is -2.57. The summed E-state index contributed by atoms with van der Waals surface area (Å²) >= 11 is 0. The minimum absolute atomic E-state index is 0.593. The van der Waals surface area contributed by atoms with Gasteiger partial charge in [-0.1, -0.05) is 19.8 Å². The summed E-state index contributed by atoms with van der Waals surface area (Å²) in [6.07, 6.45) is 15.2. The third kappa shape index (κ3) is 2.48. The molecule has 108 valence electrons. The minimum atomic E-state index is 0.593. The van der Waals surface area contributed by atoms with Gasteiger partial charge in [-0.3, -0.25) is 0 Å². The highest BCUT2D eigenvalue weighted by molar-refractivity contribution is 5.06. The lowest BCUT2D eigenvalue weighted by molar-refractivity contribution is -0.0222. The van der Waals surface area contributed by atoms with Crippen LogP contribution in [0.25, 0.3) is 0 Å². The molecule has 5 fully saturated rings. The topological polar surface area (TPSA) is 12.0 Å². The molecule has 5 aliphatic carbocycles. The van der Waals surface area contributed by atoms with Gasteiger partial charge in [-0.05, 0) is 87.5 Å². The Morgan fingerprint density at radius 1 is 0.895 bits per heavy atom. The molecule has 4 bridgehead atoms. The molecule has 0 aromatic rings. The Morgan fingerprint density at radius 3 is 2.11 bits per heavy atom. The van der Waals surface area contributed by atoms with Crippen LogP contribution in [-0.4, -0.2) is 12.1 Å². The van der Waals surface area contributed by atoms with Crippen LogP contribution in [-0.2, 0) is 0 Å². The summed E-state index contributed by atoms with van der Waals surface area (Å²) in [4.78, 5) is 0. The van der Waals surface area contributed by atoms with Gasteiger partial charge in [0.2, 0.25) is 0 Å². The highest BCUT2D eigenvalue weighted by Gasteiger charge is 2.50. The first-order valence-corrected chi connectivity index (χ1v) is 8.96. The molecule has 0 saturated heterocycles. The Morgan fingerprint density at radius 2 is 1.53 bits per heavy atom. The molecule has 0 heterocycles. The molecule has 2 atom stereocenters. The second kappa shape index (κ2) is 4.76. The minimum Gasteiger partial charge on any atom is -0.311 e. The average molecular weight is 261 g/mol. The Bertz CT molecular complexity index is 299. The predicted octanol–water partition coefficient (Wildman–Crippen LogP) is 4.37. The van der Waals surface area contributed by atoms with Crippen molar-refractivity contribution in [2.45, 2.75) is 76.7 Å². The third-order valence-corrected chi connectivity index (χ3v) is 6.85. The summed E-state index contributed by atoms with van der Waals surface area (Å²) < 4.78 is 0. The summed E-state index contributed by atoms with van der Waals surface area (Å²) in [6, 6.07) is 0. The molecular weight excluding hydrogens is 230 g/mol. The van der Waals surface area contributed by atoms with Crippen LogP contribution in [0.4, 0.5) is 0 Å². The lowest BCUT2D eigenvalue weighted by Crippen LogP contribution is -2.59. The molecule has 1 nitrogen and oxygen atoms in total. The van der Waals surface area contributed by atoms with Crippen LogP contribution in [0.1, 0.15) is 71.1 Å². The fourth-order valence-corrected chi connectivity index (χ4v) is 6.43. The molecule has 0 radical (unpaired) electrons. The first-order valence-electron chi connectivity index (χ1n) is 8.96. The van der Waals surface area contributed by atoms with E-state index < -0.39 is 0 Å². The molecule has 1 N–H and O–H groups in total. The van der Waals surface area contributed by atoms with Crippen molar-refractivity contribution in [2.75, 3.05) is 6.54 Å². The Balaban J connectivity index is 1.37. The van der Waals surface area contributed by atoms with E-state index in [4.69, 9.17) is 0 Å². The van der Waals surface area contributed by atoms with Crippen LogP contribution >= 0.6 is 0 Å². The third-order valence-electron chi connectivity index (χ3n) is 6.85. The van der Waals surface area contributed by atoms with Gasteiger partial charge in [0.25, 0.3) is 0 Å². The SMILES string of the molecule is CC1CCCC(CNC23CC4CC(CC(C4)C2)C3)C1. The molecule has 2 unspecified atom stereocenters. The number of hydrogen-bond donors (Lipinski definition) is 1. The molecule has 0 aromatic heterocycles. The quantitative estimate of drug-likeness (QED) is 0.795. The van der Waals surface area contributed by atoms with E-state index in [2.05, 4.69) is 12.2 Å². The zero-order chi connectivity index (χ0) is 12.9. The van der Waals surface area contributed by atoms with Gasteiger partial charge >= 0.3 is 0 Å². The van der Waals surface area contributed by atoms with Crippen LogP contribution < -0.4 is 5.32 Å². The van der Waals surface area contributed by atoms with Crippen molar-refractivity contribution in [3.05, 3.63) is 0 Å². The van der Waals surface area contributed by atoms with Crippen LogP contribution in [0, 0.1) is 29.6 Å². The number of nitrogens with one attached hydrogen (secondary N) is 1. The summed E-state index contributed by atoms with van der Waals surface area (Å²) in [5.74, 6) is 5.23. The predicted molar refractivity (Wildman–Crippen MR) is 80.0 cm³/mol. The van der Waals surface area contributed by atoms with Crippen molar-refractivity contribution in [3.8, 4) is 0 Å². The molecule has 0 amide bonds. The summed E-state index contributed by atoms with van der Waals surface area (Å²) in [5, 5.41) is 4.12. The zero-order valence-electron chi connectivity index (χ0n) is 12.7. The van der Waals surface area contributed by atoms with Crippen LogP contribution in [0.5, 0.6) is 0 Å². The van der Waals surface area contributed by atoms with E-state index in [0.29, 0.717) is 5.54 Å². The standard InChI is InChI=1S/C18H31N/c1-13-3-2-4-14(5-13)12-19-18-9-15-6-16(10-18)8-17(7-15)11-18/h13-17,19H,2-12H2,1H3. The van der Waals surface area contributed by atoms with Gasteiger partial charge in [-0.2, -0.15) is 0 Å². The smallest absolute Gasteiger partial charge is 0.0189 e. The summed E-state index contributed by atoms with van der Waals surface area (Å²) in [5.41, 5.74) is 0.593. The van der Waals surface area contributed by atoms with E-state index in [1.54, 1.807) is 19.3 Å². The summed E-state index contributed by atoms with van der Waals surface area (Å²) in [6.45, 7) is 3.79. The van der Waals surface area contributed by atoms with Gasteiger partial charge in [0.15, 0.2) is 0 Å². The Labute approximate surface area is 118 Å². The first kappa shape index (κ1) is 12.7. The average Bonchev–Trinajstić information content (AvgIpc) is 2.35. The molecule has 5 aliphatic rings. The maximum Gasteiger partial charge on any atom is 0.0189 e. The molecular formula is C18H31N. The van der Waals surface area contributed by atoms with E-state index in [-0.39, 0.29) is 0 Å². The van der Waals surface area contributed by atoms with Crippen LogP contribution in [0.15, 0.2) is 0 Å². The van der Waals surface area contributed by atoms with E-state index in [1.807, 2.05) is 0 Å².